The Kier molecular flexibility index (Phi) is 12.7. The van der Waals surface area contributed by atoms with Crippen LogP contribution in [-0.2, 0) is 30.4 Å². The Morgan fingerprint density at radius 1 is 0.462 bits per heavy atom. The molecule has 0 bridgehead atoms. The molecule has 0 spiro atoms. The van der Waals surface area contributed by atoms with Crippen LogP contribution in [0.25, 0.3) is 32.3 Å². The van der Waals surface area contributed by atoms with Crippen LogP contribution in [0.3, 0.4) is 0 Å². The van der Waals surface area contributed by atoms with Crippen LogP contribution in [0.5, 0.6) is 28.7 Å². The van der Waals surface area contributed by atoms with Gasteiger partial charge in [-0.1, -0.05) is 24.3 Å². The third-order valence-corrected chi connectivity index (χ3v) is 11.9. The van der Waals surface area contributed by atoms with E-state index in [0.29, 0.717) is 0 Å². The lowest BCUT2D eigenvalue weighted by atomic mass is 10.1. The van der Waals surface area contributed by atoms with E-state index in [1.165, 1.54) is 66.7 Å². The summed E-state index contributed by atoms with van der Waals surface area (Å²) in [6, 6.07) is 19.7. The molecule has 8 N–H and O–H groups in total. The zero-order valence-corrected chi connectivity index (χ0v) is 35.3. The fourth-order valence-electron chi connectivity index (χ4n) is 6.39. The van der Waals surface area contributed by atoms with E-state index in [4.69, 9.17) is 9.47 Å². The summed E-state index contributed by atoms with van der Waals surface area (Å²) in [6.45, 7) is -1.29. The Labute approximate surface area is 367 Å². The van der Waals surface area contributed by atoms with Gasteiger partial charge in [0, 0.05) is 39.7 Å². The number of nitrogens with zero attached hydrogens (tertiary/aromatic N) is 6. The molecule has 7 aromatic carbocycles. The minimum absolute atomic E-state index is 0.000905. The second-order valence-electron chi connectivity index (χ2n) is 13.6. The van der Waals surface area contributed by atoms with E-state index in [1.54, 1.807) is 0 Å². The first-order chi connectivity index (χ1) is 30.8. The van der Waals surface area contributed by atoms with Gasteiger partial charge >= 0.3 is 0 Å². The number of hydrogen-bond donors (Lipinski definition) is 8. The SMILES string of the molecule is O=S(=O)(O)c1cc(O)c2cc(N=Nc3cc(OCCO)c(N=Nc4ccc(N=Nc5cc(S(=O)(=O)O)c(O)c6cccc(O)c56)c5cc(S(=O)(=O)O)ccc45)cc3OCCO)ccc2c1. The first-order valence-corrected chi connectivity index (χ1v) is 22.7. The summed E-state index contributed by atoms with van der Waals surface area (Å²) in [5.41, 5.74) is -0.0899. The van der Waals surface area contributed by atoms with Gasteiger partial charge in [-0.3, -0.25) is 13.7 Å². The van der Waals surface area contributed by atoms with Crippen molar-refractivity contribution in [1.29, 1.82) is 0 Å². The van der Waals surface area contributed by atoms with Gasteiger partial charge in [0.2, 0.25) is 0 Å². The lowest BCUT2D eigenvalue weighted by Gasteiger charge is -2.13. The zero-order valence-electron chi connectivity index (χ0n) is 32.8. The van der Waals surface area contributed by atoms with Gasteiger partial charge in [0.1, 0.15) is 58.2 Å². The summed E-state index contributed by atoms with van der Waals surface area (Å²) < 4.78 is 112. The fourth-order valence-corrected chi connectivity index (χ4v) is 8.04. The maximum absolute atomic E-state index is 12.2. The first-order valence-electron chi connectivity index (χ1n) is 18.4. The molecule has 336 valence electrons. The van der Waals surface area contributed by atoms with E-state index in [1.807, 2.05) is 0 Å². The van der Waals surface area contributed by atoms with Crippen molar-refractivity contribution in [3.05, 3.63) is 97.1 Å². The molecule has 0 aliphatic rings. The van der Waals surface area contributed by atoms with Crippen molar-refractivity contribution in [2.24, 2.45) is 30.7 Å². The highest BCUT2D eigenvalue weighted by atomic mass is 32.2. The van der Waals surface area contributed by atoms with Gasteiger partial charge in [-0.2, -0.15) is 30.4 Å². The summed E-state index contributed by atoms with van der Waals surface area (Å²) >= 11 is 0. The molecular formula is C40H32N6O16S3. The van der Waals surface area contributed by atoms with Gasteiger partial charge in [0.25, 0.3) is 30.4 Å². The highest BCUT2D eigenvalue weighted by molar-refractivity contribution is 7.86. The van der Waals surface area contributed by atoms with Crippen LogP contribution in [0.15, 0.2) is 142 Å². The number of aromatic hydroxyl groups is 3. The van der Waals surface area contributed by atoms with Crippen molar-refractivity contribution in [3.63, 3.8) is 0 Å². The number of phenols is 3. The standard InChI is InChI=1S/C40H32N6O16S3/c47-10-12-61-36-19-32(37(62-13-11-48)18-31(36)44-41-22-5-4-21-14-24(64(55,56)57)17-35(50)27(21)15-22)45-42-29-8-9-30(28-16-23(63(52,53)54)6-7-25(28)29)43-46-33-20-38(65(58,59)60)40(51)26-2-1-3-34(49)39(26)33/h1-9,14-20,47-51H,10-13H2,(H,52,53,54)(H,55,56,57)(H,58,59,60). The predicted octanol–water partition coefficient (Wildman–Crippen LogP) is 7.99. The Hall–Kier alpha value is -7.23. The number of ether oxygens (including phenoxy) is 2. The predicted molar refractivity (Wildman–Crippen MR) is 230 cm³/mol. The molecule has 0 saturated heterocycles. The number of azo groups is 3. The summed E-state index contributed by atoms with van der Waals surface area (Å²) in [6.07, 6.45) is 0. The molecule has 0 aromatic heterocycles. The topological polar surface area (TPSA) is 357 Å². The Morgan fingerprint density at radius 3 is 1.65 bits per heavy atom. The largest absolute Gasteiger partial charge is 0.507 e. The second kappa shape index (κ2) is 18.1. The number of rotatable bonds is 15. The van der Waals surface area contributed by atoms with Crippen LogP contribution in [0.1, 0.15) is 0 Å². The third kappa shape index (κ3) is 9.96. The Balaban J connectivity index is 1.31. The van der Waals surface area contributed by atoms with E-state index in [0.717, 1.165) is 30.3 Å². The third-order valence-electron chi connectivity index (χ3n) is 9.30. The monoisotopic (exact) mass is 948 g/mol. The van der Waals surface area contributed by atoms with Crippen molar-refractivity contribution in [3.8, 4) is 28.7 Å². The molecule has 65 heavy (non-hydrogen) atoms. The van der Waals surface area contributed by atoms with Crippen molar-refractivity contribution in [2.45, 2.75) is 14.7 Å². The minimum atomic E-state index is -5.01. The van der Waals surface area contributed by atoms with E-state index in [-0.39, 0.29) is 91.2 Å². The van der Waals surface area contributed by atoms with Gasteiger partial charge in [-0.05, 0) is 60.0 Å². The Morgan fingerprint density at radius 2 is 1.05 bits per heavy atom. The van der Waals surface area contributed by atoms with E-state index >= 15 is 0 Å². The normalized spacial score (nSPS) is 12.7. The summed E-state index contributed by atoms with van der Waals surface area (Å²) in [5, 5.41) is 76.5. The highest BCUT2D eigenvalue weighted by Crippen LogP contribution is 2.45. The van der Waals surface area contributed by atoms with Gasteiger partial charge in [0.05, 0.1) is 51.1 Å². The average Bonchev–Trinajstić information content (AvgIpc) is 3.25. The molecule has 22 nitrogen and oxygen atoms in total. The Bertz CT molecular complexity index is 3490. The van der Waals surface area contributed by atoms with Gasteiger partial charge in [-0.25, -0.2) is 0 Å². The van der Waals surface area contributed by atoms with Crippen molar-refractivity contribution in [2.75, 3.05) is 26.4 Å². The molecule has 0 atom stereocenters. The van der Waals surface area contributed by atoms with Crippen molar-refractivity contribution < 1.29 is 73.9 Å². The first kappa shape index (κ1) is 45.8. The minimum Gasteiger partial charge on any atom is -0.507 e. The quantitative estimate of drug-likeness (QED) is 0.0356. The molecule has 0 heterocycles. The van der Waals surface area contributed by atoms with Crippen LogP contribution in [0.4, 0.5) is 34.1 Å². The van der Waals surface area contributed by atoms with Gasteiger partial charge < -0.3 is 35.0 Å². The zero-order chi connectivity index (χ0) is 46.8. The molecule has 0 amide bonds. The molecule has 25 heteroatoms. The fraction of sp³-hybridized carbons (Fsp3) is 0.100. The number of benzene rings is 7. The molecule has 0 saturated carbocycles. The smallest absolute Gasteiger partial charge is 0.298 e. The van der Waals surface area contributed by atoms with Gasteiger partial charge in [-0.15, -0.1) is 25.6 Å². The van der Waals surface area contributed by atoms with Crippen molar-refractivity contribution in [1.82, 2.24) is 0 Å². The molecule has 7 aromatic rings. The molecular weight excluding hydrogens is 917 g/mol. The number of aliphatic hydroxyl groups excluding tert-OH is 2. The lowest BCUT2D eigenvalue weighted by Crippen LogP contribution is -2.04. The average molecular weight is 949 g/mol. The van der Waals surface area contributed by atoms with Crippen LogP contribution >= 0.6 is 0 Å². The van der Waals surface area contributed by atoms with E-state index < -0.39 is 75.5 Å². The highest BCUT2D eigenvalue weighted by Gasteiger charge is 2.23. The molecule has 0 radical (unpaired) electrons. The molecule has 7 rings (SSSR count). The van der Waals surface area contributed by atoms with E-state index in [9.17, 15) is 64.4 Å². The lowest BCUT2D eigenvalue weighted by molar-refractivity contribution is 0.198. The van der Waals surface area contributed by atoms with Gasteiger partial charge in [0.15, 0.2) is 0 Å². The molecule has 0 fully saturated rings. The van der Waals surface area contributed by atoms with Crippen LogP contribution in [-0.4, -0.2) is 90.9 Å². The summed E-state index contributed by atoms with van der Waals surface area (Å²) in [5.74, 6) is -1.74. The maximum Gasteiger partial charge on any atom is 0.298 e. The number of hydrogen-bond acceptors (Lipinski definition) is 19. The molecule has 0 aliphatic heterocycles. The number of phenolic OH excluding ortho intramolecular Hbond substituents is 3. The van der Waals surface area contributed by atoms with Crippen LogP contribution in [0, 0.1) is 0 Å². The van der Waals surface area contributed by atoms with Crippen LogP contribution < -0.4 is 9.47 Å². The second-order valence-corrected chi connectivity index (χ2v) is 17.8. The summed E-state index contributed by atoms with van der Waals surface area (Å²) in [7, 11) is -14.4. The number of aliphatic hydroxyl groups is 2. The molecule has 0 unspecified atom stereocenters. The maximum atomic E-state index is 12.2. The van der Waals surface area contributed by atoms with Crippen molar-refractivity contribution >= 4 is 96.8 Å². The van der Waals surface area contributed by atoms with E-state index in [2.05, 4.69) is 30.7 Å². The van der Waals surface area contributed by atoms with Crippen LogP contribution in [0.2, 0.25) is 0 Å². The number of fused-ring (bicyclic) bond motifs is 3. The summed E-state index contributed by atoms with van der Waals surface area (Å²) in [4.78, 5) is -2.01. The molecule has 0 aliphatic carbocycles.